The van der Waals surface area contributed by atoms with Gasteiger partial charge in [-0.2, -0.15) is 0 Å². The van der Waals surface area contributed by atoms with Gasteiger partial charge in [0.05, 0.1) is 6.10 Å². The molecule has 2 unspecified atom stereocenters. The highest BCUT2D eigenvalue weighted by Gasteiger charge is 2.12. The molecule has 0 saturated heterocycles. The highest BCUT2D eigenvalue weighted by atomic mass is 32.2. The van der Waals surface area contributed by atoms with E-state index in [4.69, 9.17) is 0 Å². The third-order valence-corrected chi connectivity index (χ3v) is 3.30. The van der Waals surface area contributed by atoms with E-state index in [0.717, 1.165) is 0 Å². The van der Waals surface area contributed by atoms with Crippen LogP contribution in [0.25, 0.3) is 0 Å². The third kappa shape index (κ3) is 3.68. The summed E-state index contributed by atoms with van der Waals surface area (Å²) in [6.07, 6.45) is 0.286. The van der Waals surface area contributed by atoms with Crippen molar-refractivity contribution < 1.29 is 5.11 Å². The Morgan fingerprint density at radius 2 is 2.27 bits per heavy atom. The average molecular weight is 228 g/mol. The number of nitrogens with one attached hydrogen (secondary N) is 1. The van der Waals surface area contributed by atoms with Gasteiger partial charge in [-0.25, -0.2) is 4.98 Å². The van der Waals surface area contributed by atoms with Crippen molar-refractivity contribution in [1.82, 2.24) is 9.97 Å². The van der Waals surface area contributed by atoms with Gasteiger partial charge in [-0.15, -0.1) is 11.8 Å². The van der Waals surface area contributed by atoms with Crippen molar-refractivity contribution in [3.63, 3.8) is 0 Å². The number of thioether (sulfide) groups is 1. The predicted octanol–water partition coefficient (Wildman–Crippen LogP) is 1.19. The molecule has 0 spiro atoms. The van der Waals surface area contributed by atoms with Crippen LogP contribution in [0, 0.1) is 0 Å². The third-order valence-electron chi connectivity index (χ3n) is 2.09. The molecule has 84 valence electrons. The van der Waals surface area contributed by atoms with Crippen LogP contribution >= 0.6 is 11.8 Å². The molecule has 0 aliphatic rings. The van der Waals surface area contributed by atoms with Gasteiger partial charge in [-0.1, -0.05) is 13.8 Å². The number of aromatic amines is 1. The largest absolute Gasteiger partial charge is 0.392 e. The molecule has 1 rings (SSSR count). The summed E-state index contributed by atoms with van der Waals surface area (Å²) in [7, 11) is 0. The fraction of sp³-hybridized carbons (Fsp3) is 0.600. The van der Waals surface area contributed by atoms with Gasteiger partial charge in [0.2, 0.25) is 0 Å². The molecule has 0 aliphatic carbocycles. The molecule has 0 aromatic carbocycles. The Morgan fingerprint density at radius 1 is 1.60 bits per heavy atom. The number of H-pyrrole nitrogens is 1. The SMILES string of the molecule is CCc1nc(SC(C)C(C)O)cc(=O)[nH]1. The van der Waals surface area contributed by atoms with E-state index in [-0.39, 0.29) is 10.8 Å². The normalized spacial score (nSPS) is 14.9. The molecule has 2 atom stereocenters. The van der Waals surface area contributed by atoms with Crippen molar-refractivity contribution in [1.29, 1.82) is 0 Å². The molecular weight excluding hydrogens is 212 g/mol. The lowest BCUT2D eigenvalue weighted by Gasteiger charge is -2.13. The lowest BCUT2D eigenvalue weighted by Crippen LogP contribution is -2.17. The second-order valence-corrected chi connectivity index (χ2v) is 4.84. The van der Waals surface area contributed by atoms with Crippen LogP contribution in [0.4, 0.5) is 0 Å². The van der Waals surface area contributed by atoms with Gasteiger partial charge in [0.15, 0.2) is 0 Å². The minimum Gasteiger partial charge on any atom is -0.392 e. The zero-order valence-corrected chi connectivity index (χ0v) is 9.97. The van der Waals surface area contributed by atoms with Gasteiger partial charge in [0.25, 0.3) is 5.56 Å². The number of hydrogen-bond acceptors (Lipinski definition) is 4. The Morgan fingerprint density at radius 3 is 2.80 bits per heavy atom. The fourth-order valence-electron chi connectivity index (χ4n) is 1.00. The first-order valence-corrected chi connectivity index (χ1v) is 5.86. The first-order chi connectivity index (χ1) is 7.02. The molecular formula is C10H16N2O2S. The molecule has 0 bridgehead atoms. The molecule has 0 amide bonds. The van der Waals surface area contributed by atoms with E-state index >= 15 is 0 Å². The zero-order valence-electron chi connectivity index (χ0n) is 9.15. The summed E-state index contributed by atoms with van der Waals surface area (Å²) in [6.45, 7) is 5.57. The van der Waals surface area contributed by atoms with Crippen LogP contribution in [-0.2, 0) is 6.42 Å². The molecule has 4 nitrogen and oxygen atoms in total. The lowest BCUT2D eigenvalue weighted by molar-refractivity contribution is 0.196. The molecule has 5 heteroatoms. The van der Waals surface area contributed by atoms with Gasteiger partial charge < -0.3 is 10.1 Å². The topological polar surface area (TPSA) is 66.0 Å². The van der Waals surface area contributed by atoms with Crippen LogP contribution < -0.4 is 5.56 Å². The maximum Gasteiger partial charge on any atom is 0.251 e. The number of rotatable bonds is 4. The minimum absolute atomic E-state index is 0.0315. The number of hydrogen-bond donors (Lipinski definition) is 2. The summed E-state index contributed by atoms with van der Waals surface area (Å²) >= 11 is 1.41. The predicted molar refractivity (Wildman–Crippen MR) is 61.2 cm³/mol. The van der Waals surface area contributed by atoms with Crippen LogP contribution in [0.3, 0.4) is 0 Å². The smallest absolute Gasteiger partial charge is 0.251 e. The monoisotopic (exact) mass is 228 g/mol. The van der Waals surface area contributed by atoms with Crippen LogP contribution in [0.1, 0.15) is 26.6 Å². The molecule has 0 radical (unpaired) electrons. The summed E-state index contributed by atoms with van der Waals surface area (Å²) < 4.78 is 0. The van der Waals surface area contributed by atoms with Gasteiger partial charge in [0, 0.05) is 17.7 Å². The Hall–Kier alpha value is -0.810. The second kappa shape index (κ2) is 5.32. The molecule has 0 fully saturated rings. The van der Waals surface area contributed by atoms with E-state index in [1.807, 2.05) is 13.8 Å². The summed E-state index contributed by atoms with van der Waals surface area (Å²) in [5, 5.41) is 10.0. The Labute approximate surface area is 93.1 Å². The number of aromatic nitrogens is 2. The van der Waals surface area contributed by atoms with Crippen LogP contribution in [0.2, 0.25) is 0 Å². The first-order valence-electron chi connectivity index (χ1n) is 4.98. The fourth-order valence-corrected chi connectivity index (χ4v) is 1.92. The standard InChI is InChI=1S/C10H16N2O2S/c1-4-8-11-9(14)5-10(12-8)15-7(3)6(2)13/h5-7,13H,4H2,1-3H3,(H,11,12,14). The first kappa shape index (κ1) is 12.3. The van der Waals surface area contributed by atoms with Crippen molar-refractivity contribution >= 4 is 11.8 Å². The number of aliphatic hydroxyl groups excluding tert-OH is 1. The highest BCUT2D eigenvalue weighted by Crippen LogP contribution is 2.22. The Bertz CT molecular complexity index is 376. The number of aliphatic hydroxyl groups is 1. The molecule has 1 aromatic heterocycles. The Kier molecular flexibility index (Phi) is 4.35. The lowest BCUT2D eigenvalue weighted by atomic mass is 10.3. The number of aryl methyl sites for hydroxylation is 1. The quantitative estimate of drug-likeness (QED) is 0.600. The van der Waals surface area contributed by atoms with E-state index in [2.05, 4.69) is 9.97 Å². The second-order valence-electron chi connectivity index (χ2n) is 3.45. The van der Waals surface area contributed by atoms with E-state index < -0.39 is 6.10 Å². The van der Waals surface area contributed by atoms with Crippen LogP contribution in [0.5, 0.6) is 0 Å². The molecule has 15 heavy (non-hydrogen) atoms. The van der Waals surface area contributed by atoms with Crippen LogP contribution in [0.15, 0.2) is 15.9 Å². The maximum atomic E-state index is 11.2. The van der Waals surface area contributed by atoms with Crippen LogP contribution in [-0.4, -0.2) is 26.4 Å². The maximum absolute atomic E-state index is 11.2. The van der Waals surface area contributed by atoms with Gasteiger partial charge in [0.1, 0.15) is 10.9 Å². The average Bonchev–Trinajstić information content (AvgIpc) is 2.16. The molecule has 1 heterocycles. The zero-order chi connectivity index (χ0) is 11.4. The van der Waals surface area contributed by atoms with E-state index in [1.165, 1.54) is 17.8 Å². The Balaban J connectivity index is 2.85. The summed E-state index contributed by atoms with van der Waals surface area (Å²) in [4.78, 5) is 18.2. The molecule has 0 aliphatic heterocycles. The van der Waals surface area contributed by atoms with Crippen molar-refractivity contribution in [2.75, 3.05) is 0 Å². The summed E-state index contributed by atoms with van der Waals surface area (Å²) in [5.41, 5.74) is -0.137. The van der Waals surface area contributed by atoms with E-state index in [1.54, 1.807) is 6.92 Å². The van der Waals surface area contributed by atoms with Crippen molar-refractivity contribution in [3.8, 4) is 0 Å². The highest BCUT2D eigenvalue weighted by molar-refractivity contribution is 7.99. The van der Waals surface area contributed by atoms with Crippen molar-refractivity contribution in [2.24, 2.45) is 0 Å². The summed E-state index contributed by atoms with van der Waals surface area (Å²) in [6, 6.07) is 1.46. The van der Waals surface area contributed by atoms with Gasteiger partial charge >= 0.3 is 0 Å². The molecule has 2 N–H and O–H groups in total. The number of nitrogens with zero attached hydrogens (tertiary/aromatic N) is 1. The van der Waals surface area contributed by atoms with Crippen molar-refractivity contribution in [3.05, 3.63) is 22.2 Å². The summed E-state index contributed by atoms with van der Waals surface area (Å²) in [5.74, 6) is 0.683. The van der Waals surface area contributed by atoms with E-state index in [9.17, 15) is 9.90 Å². The molecule has 1 aromatic rings. The van der Waals surface area contributed by atoms with Crippen molar-refractivity contribution in [2.45, 2.75) is 43.6 Å². The van der Waals surface area contributed by atoms with E-state index in [0.29, 0.717) is 17.3 Å². The minimum atomic E-state index is -0.416. The molecule has 0 saturated carbocycles. The van der Waals surface area contributed by atoms with Gasteiger partial charge in [-0.3, -0.25) is 4.79 Å². The van der Waals surface area contributed by atoms with Gasteiger partial charge in [-0.05, 0) is 6.92 Å².